The summed E-state index contributed by atoms with van der Waals surface area (Å²) in [5.41, 5.74) is 1.47. The lowest BCUT2D eigenvalue weighted by atomic mass is 10.2. The molecule has 1 aliphatic heterocycles. The number of β-amino-alcohol motifs (C(OH)–C–C–N with tert-alkyl or cyclic N) is 1. The zero-order valence-electron chi connectivity index (χ0n) is 8.64. The molecule has 0 radical (unpaired) electrons. The summed E-state index contributed by atoms with van der Waals surface area (Å²) in [5, 5.41) is 18.4. The highest BCUT2D eigenvalue weighted by Gasteiger charge is 2.23. The quantitative estimate of drug-likeness (QED) is 0.734. The summed E-state index contributed by atoms with van der Waals surface area (Å²) in [4.78, 5) is 6.32. The Kier molecular flexibility index (Phi) is 2.57. The van der Waals surface area contributed by atoms with E-state index in [0.29, 0.717) is 17.9 Å². The number of pyridine rings is 1. The minimum atomic E-state index is -0.293. The lowest BCUT2D eigenvalue weighted by Crippen LogP contribution is -2.23. The van der Waals surface area contributed by atoms with Crippen molar-refractivity contribution in [3.05, 3.63) is 23.4 Å². The normalized spacial score (nSPS) is 20.3. The summed E-state index contributed by atoms with van der Waals surface area (Å²) >= 11 is 0. The molecule has 1 aliphatic rings. The number of aliphatic hydroxyl groups is 1. The third kappa shape index (κ3) is 1.92. The fraction of sp³-hybridized carbons (Fsp3) is 0.455. The first-order chi connectivity index (χ1) is 7.20. The van der Waals surface area contributed by atoms with Gasteiger partial charge in [-0.1, -0.05) is 0 Å². The fourth-order valence-electron chi connectivity index (χ4n) is 1.81. The molecule has 0 spiro atoms. The number of nitriles is 1. The molecular weight excluding hydrogens is 190 g/mol. The highest BCUT2D eigenvalue weighted by atomic mass is 16.3. The van der Waals surface area contributed by atoms with Gasteiger partial charge in [0, 0.05) is 18.8 Å². The van der Waals surface area contributed by atoms with E-state index < -0.39 is 0 Å². The van der Waals surface area contributed by atoms with Gasteiger partial charge >= 0.3 is 0 Å². The van der Waals surface area contributed by atoms with Crippen molar-refractivity contribution < 1.29 is 5.11 Å². The van der Waals surface area contributed by atoms with Crippen molar-refractivity contribution in [3.63, 3.8) is 0 Å². The van der Waals surface area contributed by atoms with E-state index in [4.69, 9.17) is 5.26 Å². The van der Waals surface area contributed by atoms with Crippen molar-refractivity contribution in [2.24, 2.45) is 0 Å². The average Bonchev–Trinajstić information content (AvgIpc) is 2.65. The zero-order chi connectivity index (χ0) is 10.8. The maximum atomic E-state index is 9.44. The Labute approximate surface area is 88.8 Å². The van der Waals surface area contributed by atoms with Gasteiger partial charge in [0.25, 0.3) is 0 Å². The molecule has 4 nitrogen and oxygen atoms in total. The van der Waals surface area contributed by atoms with Gasteiger partial charge in [0.1, 0.15) is 11.9 Å². The van der Waals surface area contributed by atoms with Gasteiger partial charge in [-0.05, 0) is 25.5 Å². The standard InChI is InChI=1S/C11H13N3O/c1-8-2-3-9(6-12)11(13-8)14-5-4-10(15)7-14/h2-3,10,15H,4-5,7H2,1H3/t10-/m0/s1. The van der Waals surface area contributed by atoms with Crippen molar-refractivity contribution in [3.8, 4) is 6.07 Å². The van der Waals surface area contributed by atoms with Crippen molar-refractivity contribution in [2.45, 2.75) is 19.4 Å². The summed E-state index contributed by atoms with van der Waals surface area (Å²) < 4.78 is 0. The fourth-order valence-corrected chi connectivity index (χ4v) is 1.81. The predicted octanol–water partition coefficient (Wildman–Crippen LogP) is 0.833. The molecule has 1 aromatic heterocycles. The lowest BCUT2D eigenvalue weighted by Gasteiger charge is -2.18. The van der Waals surface area contributed by atoms with Crippen LogP contribution in [0, 0.1) is 18.3 Å². The molecule has 0 aromatic carbocycles. The summed E-state index contributed by atoms with van der Waals surface area (Å²) in [5.74, 6) is 0.703. The molecule has 4 heteroatoms. The number of hydrogen-bond donors (Lipinski definition) is 1. The second-order valence-corrected chi connectivity index (χ2v) is 3.82. The summed E-state index contributed by atoms with van der Waals surface area (Å²) in [6.45, 7) is 3.24. The van der Waals surface area contributed by atoms with E-state index in [-0.39, 0.29) is 6.10 Å². The Morgan fingerprint density at radius 2 is 2.40 bits per heavy atom. The Morgan fingerprint density at radius 3 is 3.00 bits per heavy atom. The van der Waals surface area contributed by atoms with Crippen LogP contribution in [0.3, 0.4) is 0 Å². The van der Waals surface area contributed by atoms with Crippen molar-refractivity contribution in [1.29, 1.82) is 5.26 Å². The van der Waals surface area contributed by atoms with Crippen molar-refractivity contribution in [1.82, 2.24) is 4.98 Å². The van der Waals surface area contributed by atoms with Crippen LogP contribution in [-0.2, 0) is 0 Å². The van der Waals surface area contributed by atoms with Crippen LogP contribution >= 0.6 is 0 Å². The molecular formula is C11H13N3O. The first-order valence-electron chi connectivity index (χ1n) is 5.01. The number of aryl methyl sites for hydroxylation is 1. The predicted molar refractivity (Wildman–Crippen MR) is 56.5 cm³/mol. The molecule has 1 saturated heterocycles. The number of aromatic nitrogens is 1. The Balaban J connectivity index is 2.34. The Hall–Kier alpha value is -1.60. The third-order valence-electron chi connectivity index (χ3n) is 2.60. The van der Waals surface area contributed by atoms with Crippen molar-refractivity contribution in [2.75, 3.05) is 18.0 Å². The van der Waals surface area contributed by atoms with Crippen LogP contribution in [0.15, 0.2) is 12.1 Å². The van der Waals surface area contributed by atoms with E-state index >= 15 is 0 Å². The SMILES string of the molecule is Cc1ccc(C#N)c(N2CC[C@H](O)C2)n1. The first kappa shape index (κ1) is 9.94. The van der Waals surface area contributed by atoms with Gasteiger partial charge in [0.15, 0.2) is 0 Å². The molecule has 78 valence electrons. The van der Waals surface area contributed by atoms with E-state index in [1.807, 2.05) is 17.9 Å². The zero-order valence-corrected chi connectivity index (χ0v) is 8.64. The molecule has 0 aliphatic carbocycles. The largest absolute Gasteiger partial charge is 0.391 e. The summed E-state index contributed by atoms with van der Waals surface area (Å²) in [6, 6.07) is 5.74. The number of rotatable bonds is 1. The number of hydrogen-bond acceptors (Lipinski definition) is 4. The molecule has 2 rings (SSSR count). The van der Waals surface area contributed by atoms with Gasteiger partial charge < -0.3 is 10.0 Å². The molecule has 1 aromatic rings. The van der Waals surface area contributed by atoms with E-state index in [1.165, 1.54) is 0 Å². The molecule has 2 heterocycles. The molecule has 0 saturated carbocycles. The van der Waals surface area contributed by atoms with Gasteiger partial charge in [-0.25, -0.2) is 4.98 Å². The highest BCUT2D eigenvalue weighted by molar-refractivity contribution is 5.55. The van der Waals surface area contributed by atoms with Crippen LogP contribution in [0.2, 0.25) is 0 Å². The highest BCUT2D eigenvalue weighted by Crippen LogP contribution is 2.22. The van der Waals surface area contributed by atoms with Crippen LogP contribution in [0.25, 0.3) is 0 Å². The summed E-state index contributed by atoms with van der Waals surface area (Å²) in [6.07, 6.45) is 0.458. The Bertz CT molecular complexity index is 411. The molecule has 1 N–H and O–H groups in total. The van der Waals surface area contributed by atoms with Gasteiger partial charge in [-0.15, -0.1) is 0 Å². The topological polar surface area (TPSA) is 60.2 Å². The van der Waals surface area contributed by atoms with Gasteiger partial charge in [0.2, 0.25) is 0 Å². The molecule has 0 bridgehead atoms. The van der Waals surface area contributed by atoms with Gasteiger partial charge in [0.05, 0.1) is 11.7 Å². The molecule has 15 heavy (non-hydrogen) atoms. The van der Waals surface area contributed by atoms with Crippen LogP contribution in [0.5, 0.6) is 0 Å². The van der Waals surface area contributed by atoms with Crippen LogP contribution in [0.1, 0.15) is 17.7 Å². The van der Waals surface area contributed by atoms with E-state index in [2.05, 4.69) is 11.1 Å². The van der Waals surface area contributed by atoms with E-state index in [9.17, 15) is 5.11 Å². The van der Waals surface area contributed by atoms with Crippen LogP contribution < -0.4 is 4.90 Å². The van der Waals surface area contributed by atoms with E-state index in [0.717, 1.165) is 18.7 Å². The first-order valence-corrected chi connectivity index (χ1v) is 5.01. The minimum Gasteiger partial charge on any atom is -0.391 e. The van der Waals surface area contributed by atoms with E-state index in [1.54, 1.807) is 6.07 Å². The number of aliphatic hydroxyl groups excluding tert-OH is 1. The molecule has 0 unspecified atom stereocenters. The maximum Gasteiger partial charge on any atom is 0.146 e. The smallest absolute Gasteiger partial charge is 0.146 e. The summed E-state index contributed by atoms with van der Waals surface area (Å²) in [7, 11) is 0. The monoisotopic (exact) mass is 203 g/mol. The average molecular weight is 203 g/mol. The number of nitrogens with zero attached hydrogens (tertiary/aromatic N) is 3. The molecule has 1 fully saturated rings. The maximum absolute atomic E-state index is 9.44. The van der Waals surface area contributed by atoms with Crippen LogP contribution in [0.4, 0.5) is 5.82 Å². The molecule has 0 amide bonds. The van der Waals surface area contributed by atoms with Crippen LogP contribution in [-0.4, -0.2) is 29.3 Å². The van der Waals surface area contributed by atoms with Crippen molar-refractivity contribution >= 4 is 5.82 Å². The third-order valence-corrected chi connectivity index (χ3v) is 2.60. The van der Waals surface area contributed by atoms with Gasteiger partial charge in [-0.3, -0.25) is 0 Å². The second-order valence-electron chi connectivity index (χ2n) is 3.82. The Morgan fingerprint density at radius 1 is 1.60 bits per heavy atom. The van der Waals surface area contributed by atoms with Gasteiger partial charge in [-0.2, -0.15) is 5.26 Å². The number of anilines is 1. The molecule has 1 atom stereocenters. The minimum absolute atomic E-state index is 0.293. The lowest BCUT2D eigenvalue weighted by molar-refractivity contribution is 0.198. The second kappa shape index (κ2) is 3.87.